The van der Waals surface area contributed by atoms with Crippen LogP contribution in [0.2, 0.25) is 0 Å². The van der Waals surface area contributed by atoms with Crippen LogP contribution in [-0.4, -0.2) is 50.9 Å². The molecule has 7 nitrogen and oxygen atoms in total. The highest BCUT2D eigenvalue weighted by Crippen LogP contribution is 2.38. The zero-order chi connectivity index (χ0) is 22.8. The maximum Gasteiger partial charge on any atom is 0.356 e. The van der Waals surface area contributed by atoms with E-state index in [2.05, 4.69) is 65.1 Å². The summed E-state index contributed by atoms with van der Waals surface area (Å²) < 4.78 is 1.14. The van der Waals surface area contributed by atoms with Gasteiger partial charge in [0.25, 0.3) is 0 Å². The first-order valence-corrected chi connectivity index (χ1v) is 11.5. The van der Waals surface area contributed by atoms with Gasteiger partial charge in [-0.05, 0) is 59.9 Å². The van der Waals surface area contributed by atoms with Crippen LogP contribution >= 0.6 is 0 Å². The quantitative estimate of drug-likeness (QED) is 0.729. The van der Waals surface area contributed by atoms with E-state index in [0.717, 1.165) is 30.5 Å². The summed E-state index contributed by atoms with van der Waals surface area (Å²) in [5, 5.41) is 16.6. The van der Waals surface area contributed by atoms with E-state index in [-0.39, 0.29) is 11.7 Å². The van der Waals surface area contributed by atoms with Crippen LogP contribution in [0.25, 0.3) is 5.57 Å². The number of carbonyl (C=O) groups is 2. The first kappa shape index (κ1) is 21.4. The van der Waals surface area contributed by atoms with Gasteiger partial charge in [0, 0.05) is 31.9 Å². The lowest BCUT2D eigenvalue weighted by molar-refractivity contribution is 0.0690. The molecular formula is C26H28N4O3. The van der Waals surface area contributed by atoms with Gasteiger partial charge in [0.15, 0.2) is 5.69 Å². The molecule has 2 aliphatic carbocycles. The third-order valence-electron chi connectivity index (χ3n) is 6.88. The van der Waals surface area contributed by atoms with Crippen molar-refractivity contribution >= 4 is 17.6 Å². The fraction of sp³-hybridized carbons (Fsp3) is 0.346. The predicted molar refractivity (Wildman–Crippen MR) is 126 cm³/mol. The lowest BCUT2D eigenvalue weighted by atomic mass is 10.0. The SMILES string of the molecule is O=C(O)c1ccn(C(=O)N2C[C@H]3C[C@H](NCc4cccc(C5=CCC=CC=C5)c4)C[C@H]3C2)n1. The number of benzene rings is 1. The first-order valence-electron chi connectivity index (χ1n) is 11.5. The second-order valence-corrected chi connectivity index (χ2v) is 9.09. The summed E-state index contributed by atoms with van der Waals surface area (Å²) >= 11 is 0. The molecular weight excluding hydrogens is 416 g/mol. The van der Waals surface area contributed by atoms with Gasteiger partial charge in [0.05, 0.1) is 0 Å². The second kappa shape index (κ2) is 9.19. The molecule has 170 valence electrons. The van der Waals surface area contributed by atoms with E-state index in [0.29, 0.717) is 31.0 Å². The average molecular weight is 445 g/mol. The molecule has 0 bridgehead atoms. The van der Waals surface area contributed by atoms with E-state index in [1.807, 2.05) is 0 Å². The molecule has 1 aromatic carbocycles. The zero-order valence-electron chi connectivity index (χ0n) is 18.4. The minimum Gasteiger partial charge on any atom is -0.476 e. The molecule has 1 aliphatic heterocycles. The number of allylic oxidation sites excluding steroid dienone is 6. The van der Waals surface area contributed by atoms with Crippen molar-refractivity contribution in [1.82, 2.24) is 20.0 Å². The van der Waals surface area contributed by atoms with Crippen LogP contribution in [-0.2, 0) is 6.54 Å². The van der Waals surface area contributed by atoms with Gasteiger partial charge < -0.3 is 15.3 Å². The Morgan fingerprint density at radius 1 is 1.12 bits per heavy atom. The Morgan fingerprint density at radius 2 is 1.94 bits per heavy atom. The van der Waals surface area contributed by atoms with Gasteiger partial charge >= 0.3 is 12.0 Å². The molecule has 1 saturated carbocycles. The average Bonchev–Trinajstić information content (AvgIpc) is 3.48. The molecule has 1 aromatic heterocycles. The van der Waals surface area contributed by atoms with Crippen molar-refractivity contribution < 1.29 is 14.7 Å². The van der Waals surface area contributed by atoms with Crippen LogP contribution in [0.1, 0.15) is 40.9 Å². The van der Waals surface area contributed by atoms with Crippen LogP contribution in [0, 0.1) is 11.8 Å². The monoisotopic (exact) mass is 444 g/mol. The van der Waals surface area contributed by atoms with E-state index in [4.69, 9.17) is 5.11 Å². The van der Waals surface area contributed by atoms with Gasteiger partial charge in [-0.1, -0.05) is 48.6 Å². The molecule has 5 rings (SSSR count). The molecule has 0 spiro atoms. The van der Waals surface area contributed by atoms with Crippen molar-refractivity contribution in [2.24, 2.45) is 11.8 Å². The number of likely N-dealkylation sites (tertiary alicyclic amines) is 1. The van der Waals surface area contributed by atoms with Crippen molar-refractivity contribution in [3.63, 3.8) is 0 Å². The van der Waals surface area contributed by atoms with Gasteiger partial charge in [-0.25, -0.2) is 9.59 Å². The predicted octanol–water partition coefficient (Wildman–Crippen LogP) is 3.95. The molecule has 2 aromatic rings. The standard InChI is InChI=1S/C26H28N4O3/c31-25(32)24-10-11-30(28-24)26(33)29-16-21-13-23(14-22(21)17-29)27-15-18-6-5-9-20(12-18)19-7-3-1-2-4-8-19/h1-3,5-12,21-23,27H,4,13-17H2,(H,31,32)/t21-,22+,23+. The summed E-state index contributed by atoms with van der Waals surface area (Å²) in [7, 11) is 0. The molecule has 33 heavy (non-hydrogen) atoms. The zero-order valence-corrected chi connectivity index (χ0v) is 18.4. The number of nitrogens with zero attached hydrogens (tertiary/aromatic N) is 3. The highest BCUT2D eigenvalue weighted by molar-refractivity contribution is 5.86. The summed E-state index contributed by atoms with van der Waals surface area (Å²) in [6, 6.07) is 10.3. The molecule has 7 heteroatoms. The number of carbonyl (C=O) groups excluding carboxylic acids is 1. The van der Waals surface area contributed by atoms with Crippen molar-refractivity contribution in [3.05, 3.63) is 83.7 Å². The van der Waals surface area contributed by atoms with Gasteiger partial charge in [0.1, 0.15) is 0 Å². The summed E-state index contributed by atoms with van der Waals surface area (Å²) in [4.78, 5) is 25.5. The Kier molecular flexibility index (Phi) is 5.96. The molecule has 1 amide bonds. The van der Waals surface area contributed by atoms with E-state index in [9.17, 15) is 9.59 Å². The van der Waals surface area contributed by atoms with Crippen LogP contribution in [0.5, 0.6) is 0 Å². The number of hydrogen-bond donors (Lipinski definition) is 2. The fourth-order valence-electron chi connectivity index (χ4n) is 5.23. The first-order chi connectivity index (χ1) is 16.1. The summed E-state index contributed by atoms with van der Waals surface area (Å²) in [5.41, 5.74) is 3.67. The number of aromatic carboxylic acids is 1. The lowest BCUT2D eigenvalue weighted by Gasteiger charge is -2.19. The number of aromatic nitrogens is 2. The summed E-state index contributed by atoms with van der Waals surface area (Å²) in [5.74, 6) is -0.180. The third-order valence-corrected chi connectivity index (χ3v) is 6.88. The highest BCUT2D eigenvalue weighted by atomic mass is 16.4. The molecule has 2 N–H and O–H groups in total. The van der Waals surface area contributed by atoms with E-state index in [1.54, 1.807) is 4.90 Å². The van der Waals surface area contributed by atoms with Crippen molar-refractivity contribution in [3.8, 4) is 0 Å². The Hall–Kier alpha value is -3.45. The topological polar surface area (TPSA) is 87.5 Å². The van der Waals surface area contributed by atoms with Crippen LogP contribution in [0.15, 0.2) is 66.9 Å². The smallest absolute Gasteiger partial charge is 0.356 e. The maximum absolute atomic E-state index is 12.7. The van der Waals surface area contributed by atoms with E-state index < -0.39 is 5.97 Å². The number of rotatable bonds is 5. The number of amides is 1. The Labute approximate surface area is 193 Å². The second-order valence-electron chi connectivity index (χ2n) is 9.09. The minimum atomic E-state index is -1.13. The van der Waals surface area contributed by atoms with Crippen LogP contribution < -0.4 is 5.32 Å². The molecule has 0 radical (unpaired) electrons. The Balaban J connectivity index is 1.14. The van der Waals surface area contributed by atoms with Gasteiger partial charge in [0.2, 0.25) is 0 Å². The normalized spacial score (nSPS) is 23.9. The Morgan fingerprint density at radius 3 is 2.70 bits per heavy atom. The molecule has 3 atom stereocenters. The lowest BCUT2D eigenvalue weighted by Crippen LogP contribution is -2.35. The minimum absolute atomic E-state index is 0.112. The molecule has 2 heterocycles. The molecule has 2 fully saturated rings. The molecule has 3 aliphatic rings. The summed E-state index contributed by atoms with van der Waals surface area (Å²) in [6.45, 7) is 2.24. The van der Waals surface area contributed by atoms with Crippen LogP contribution in [0.3, 0.4) is 0 Å². The summed E-state index contributed by atoms with van der Waals surface area (Å²) in [6.07, 6.45) is 15.2. The van der Waals surface area contributed by atoms with Gasteiger partial charge in [-0.2, -0.15) is 9.78 Å². The van der Waals surface area contributed by atoms with Crippen molar-refractivity contribution in [1.29, 1.82) is 0 Å². The van der Waals surface area contributed by atoms with Crippen LogP contribution in [0.4, 0.5) is 4.79 Å². The molecule has 0 unspecified atom stereocenters. The van der Waals surface area contributed by atoms with E-state index >= 15 is 0 Å². The molecule has 1 saturated heterocycles. The highest BCUT2D eigenvalue weighted by Gasteiger charge is 2.42. The third kappa shape index (κ3) is 4.68. The number of fused-ring (bicyclic) bond motifs is 1. The number of carboxylic acid groups (broad SMARTS) is 1. The number of carboxylic acids is 1. The van der Waals surface area contributed by atoms with Gasteiger partial charge in [-0.3, -0.25) is 0 Å². The number of hydrogen-bond acceptors (Lipinski definition) is 4. The maximum atomic E-state index is 12.7. The number of nitrogens with one attached hydrogen (secondary N) is 1. The van der Waals surface area contributed by atoms with Crippen molar-refractivity contribution in [2.45, 2.75) is 31.8 Å². The largest absolute Gasteiger partial charge is 0.476 e. The fourth-order valence-corrected chi connectivity index (χ4v) is 5.23. The van der Waals surface area contributed by atoms with Gasteiger partial charge in [-0.15, -0.1) is 0 Å². The van der Waals surface area contributed by atoms with Crippen molar-refractivity contribution in [2.75, 3.05) is 13.1 Å². The van der Waals surface area contributed by atoms with E-state index in [1.165, 1.54) is 29.0 Å². The Bertz CT molecular complexity index is 1130.